The van der Waals surface area contributed by atoms with E-state index in [2.05, 4.69) is 31.1 Å². The first-order chi connectivity index (χ1) is 20.9. The van der Waals surface area contributed by atoms with Gasteiger partial charge in [0.1, 0.15) is 18.4 Å². The highest BCUT2D eigenvalue weighted by molar-refractivity contribution is 5.88. The molecule has 0 saturated carbocycles. The van der Waals surface area contributed by atoms with E-state index in [-0.39, 0.29) is 49.7 Å². The first kappa shape index (κ1) is 32.4. The number of aryl methyl sites for hydroxylation is 4. The molecule has 13 nitrogen and oxygen atoms in total. The maximum Gasteiger partial charge on any atom is 0.242 e. The number of nitrogens with zero attached hydrogens (tertiary/aromatic N) is 6. The Labute approximate surface area is 257 Å². The van der Waals surface area contributed by atoms with Gasteiger partial charge in [-0.1, -0.05) is 44.2 Å². The molecule has 0 bridgehead atoms. The van der Waals surface area contributed by atoms with E-state index >= 15 is 0 Å². The number of benzene rings is 1. The minimum Gasteiger partial charge on any atom is -0.350 e. The van der Waals surface area contributed by atoms with Crippen LogP contribution in [0.15, 0.2) is 36.4 Å². The van der Waals surface area contributed by atoms with Crippen LogP contribution in [0.3, 0.4) is 0 Å². The number of carbonyl (C=O) groups is 4. The van der Waals surface area contributed by atoms with Crippen molar-refractivity contribution in [1.29, 1.82) is 0 Å². The first-order valence-corrected chi connectivity index (χ1v) is 15.0. The summed E-state index contributed by atoms with van der Waals surface area (Å²) < 4.78 is 3.23. The lowest BCUT2D eigenvalue weighted by Crippen LogP contribution is -2.54. The van der Waals surface area contributed by atoms with Crippen LogP contribution in [0.2, 0.25) is 0 Å². The molecule has 0 saturated heterocycles. The Kier molecular flexibility index (Phi) is 10.5. The summed E-state index contributed by atoms with van der Waals surface area (Å²) in [5.74, 6) is -0.646. The fourth-order valence-electron chi connectivity index (χ4n) is 5.29. The van der Waals surface area contributed by atoms with Gasteiger partial charge in [-0.05, 0) is 51.7 Å². The molecule has 1 aliphatic rings. The molecule has 3 aromatic rings. The van der Waals surface area contributed by atoms with Gasteiger partial charge in [0.15, 0.2) is 5.82 Å². The summed E-state index contributed by atoms with van der Waals surface area (Å²) in [7, 11) is 0. The zero-order valence-corrected chi connectivity index (χ0v) is 26.3. The van der Waals surface area contributed by atoms with Gasteiger partial charge in [-0.3, -0.25) is 23.9 Å². The van der Waals surface area contributed by atoms with Crippen LogP contribution in [-0.4, -0.2) is 78.2 Å². The van der Waals surface area contributed by atoms with Crippen LogP contribution in [0.25, 0.3) is 0 Å². The molecule has 0 radical (unpaired) electrons. The third-order valence-corrected chi connectivity index (χ3v) is 7.68. The Bertz CT molecular complexity index is 1480. The number of rotatable bonds is 6. The van der Waals surface area contributed by atoms with E-state index in [1.165, 1.54) is 9.58 Å². The van der Waals surface area contributed by atoms with Crippen LogP contribution in [0.1, 0.15) is 61.8 Å². The zero-order chi connectivity index (χ0) is 32.0. The molecule has 13 heteroatoms. The summed E-state index contributed by atoms with van der Waals surface area (Å²) in [6, 6.07) is 9.64. The molecule has 4 amide bonds. The van der Waals surface area contributed by atoms with E-state index < -0.39 is 24.0 Å². The van der Waals surface area contributed by atoms with E-state index in [1.54, 1.807) is 18.5 Å². The molecule has 0 fully saturated rings. The van der Waals surface area contributed by atoms with Crippen molar-refractivity contribution in [1.82, 2.24) is 45.4 Å². The number of amides is 4. The maximum absolute atomic E-state index is 13.7. The second-order valence-corrected chi connectivity index (χ2v) is 11.8. The number of nitrogens with one attached hydrogen (secondary N) is 3. The van der Waals surface area contributed by atoms with Crippen molar-refractivity contribution in [2.45, 2.75) is 85.6 Å². The van der Waals surface area contributed by atoms with E-state index in [0.717, 1.165) is 17.0 Å². The van der Waals surface area contributed by atoms with Crippen molar-refractivity contribution >= 4 is 23.6 Å². The molecule has 3 N–H and O–H groups in total. The van der Waals surface area contributed by atoms with Crippen LogP contribution >= 0.6 is 0 Å². The molecule has 2 aromatic heterocycles. The van der Waals surface area contributed by atoms with E-state index in [1.807, 2.05) is 64.1 Å². The molecule has 1 aromatic carbocycles. The third-order valence-electron chi connectivity index (χ3n) is 7.68. The lowest BCUT2D eigenvalue weighted by Gasteiger charge is -2.31. The van der Waals surface area contributed by atoms with Gasteiger partial charge in [0, 0.05) is 31.2 Å². The second kappa shape index (κ2) is 14.3. The average molecular weight is 606 g/mol. The molecule has 44 heavy (non-hydrogen) atoms. The molecule has 236 valence electrons. The molecule has 4 rings (SSSR count). The van der Waals surface area contributed by atoms with E-state index in [0.29, 0.717) is 24.6 Å². The smallest absolute Gasteiger partial charge is 0.242 e. The minimum absolute atomic E-state index is 0.0603. The van der Waals surface area contributed by atoms with Gasteiger partial charge in [0.2, 0.25) is 23.6 Å². The zero-order valence-electron chi connectivity index (χ0n) is 26.3. The summed E-state index contributed by atoms with van der Waals surface area (Å²) in [6.45, 7) is 11.1. The average Bonchev–Trinajstić information content (AvgIpc) is 3.49. The highest BCUT2D eigenvalue weighted by Gasteiger charge is 2.30. The number of carbonyl (C=O) groups excluding carboxylic acids is 4. The second-order valence-electron chi connectivity index (χ2n) is 11.8. The van der Waals surface area contributed by atoms with Crippen molar-refractivity contribution in [3.05, 3.63) is 65.0 Å². The van der Waals surface area contributed by atoms with Crippen molar-refractivity contribution < 1.29 is 19.2 Å². The number of aromatic nitrogens is 5. The lowest BCUT2D eigenvalue weighted by atomic mass is 10.0. The van der Waals surface area contributed by atoms with Crippen LogP contribution in [0.5, 0.6) is 0 Å². The van der Waals surface area contributed by atoms with Crippen LogP contribution < -0.4 is 16.0 Å². The van der Waals surface area contributed by atoms with Gasteiger partial charge < -0.3 is 20.9 Å². The van der Waals surface area contributed by atoms with Gasteiger partial charge in [0.05, 0.1) is 18.3 Å². The fraction of sp³-hybridized carbons (Fsp3) is 0.516. The number of hydrogen-bond acceptors (Lipinski definition) is 7. The summed E-state index contributed by atoms with van der Waals surface area (Å²) in [5, 5.41) is 17.6. The molecule has 1 aliphatic heterocycles. The van der Waals surface area contributed by atoms with Crippen LogP contribution in [-0.2, 0) is 38.7 Å². The molecular weight excluding hydrogens is 562 g/mol. The van der Waals surface area contributed by atoms with Crippen LogP contribution in [0.4, 0.5) is 0 Å². The monoisotopic (exact) mass is 605 g/mol. The van der Waals surface area contributed by atoms with Crippen molar-refractivity contribution in [3.8, 4) is 0 Å². The summed E-state index contributed by atoms with van der Waals surface area (Å²) in [5.41, 5.74) is 2.75. The Morgan fingerprint density at radius 3 is 2.34 bits per heavy atom. The number of hydrogen-bond donors (Lipinski definition) is 3. The quantitative estimate of drug-likeness (QED) is 0.383. The fourth-order valence-corrected chi connectivity index (χ4v) is 5.29. The SMILES string of the molecule is Cc1cc(C)n(CCC(=O)N2CC(=O)N[C@@H](Cc3ccccc3)c3nc(C)nn3CC(=O)N[C@H](C)C(=O)N[C@@H](C(C)C)C2)n1. The Hall–Kier alpha value is -4.55. The lowest BCUT2D eigenvalue weighted by molar-refractivity contribution is -0.137. The number of fused-ring (bicyclic) bond motifs is 1. The molecule has 3 heterocycles. The van der Waals surface area contributed by atoms with E-state index in [4.69, 9.17) is 0 Å². The summed E-state index contributed by atoms with van der Waals surface area (Å²) >= 11 is 0. The van der Waals surface area contributed by atoms with Crippen molar-refractivity contribution in [2.75, 3.05) is 13.1 Å². The maximum atomic E-state index is 13.7. The molecular formula is C31H43N9O4. The molecule has 0 spiro atoms. The van der Waals surface area contributed by atoms with Gasteiger partial charge in [0.25, 0.3) is 0 Å². The predicted octanol–water partition coefficient (Wildman–Crippen LogP) is 1.38. The molecule has 0 unspecified atom stereocenters. The highest BCUT2D eigenvalue weighted by Crippen LogP contribution is 2.18. The van der Waals surface area contributed by atoms with Crippen LogP contribution in [0, 0.1) is 26.7 Å². The first-order valence-electron chi connectivity index (χ1n) is 15.0. The topological polar surface area (TPSA) is 156 Å². The Balaban J connectivity index is 1.67. The van der Waals surface area contributed by atoms with Gasteiger partial charge in [-0.25, -0.2) is 9.67 Å². The minimum atomic E-state index is -0.836. The van der Waals surface area contributed by atoms with Gasteiger partial charge in [-0.2, -0.15) is 10.2 Å². The molecule has 3 atom stereocenters. The Morgan fingerprint density at radius 1 is 0.977 bits per heavy atom. The summed E-state index contributed by atoms with van der Waals surface area (Å²) in [6.07, 6.45) is 0.519. The molecule has 0 aliphatic carbocycles. The standard InChI is InChI=1S/C31H43N9O4/c1-19(2)26-16-38(29(43)12-13-39-21(4)14-20(3)36-39)17-27(41)34-25(15-24-10-8-7-9-11-24)30-33-23(6)37-40(30)18-28(42)32-22(5)31(44)35-26/h7-11,14,19,22,25-26H,12-13,15-18H2,1-6H3,(H,32,42)(H,34,41)(H,35,44)/t22-,25+,26-/m1/s1. The van der Waals surface area contributed by atoms with Crippen molar-refractivity contribution in [3.63, 3.8) is 0 Å². The third kappa shape index (κ3) is 8.51. The largest absolute Gasteiger partial charge is 0.350 e. The predicted molar refractivity (Wildman–Crippen MR) is 163 cm³/mol. The normalized spacial score (nSPS) is 20.3. The van der Waals surface area contributed by atoms with Gasteiger partial charge >= 0.3 is 0 Å². The Morgan fingerprint density at radius 2 is 1.68 bits per heavy atom. The van der Waals surface area contributed by atoms with Gasteiger partial charge in [-0.15, -0.1) is 0 Å². The summed E-state index contributed by atoms with van der Waals surface area (Å²) in [4.78, 5) is 59.6. The highest BCUT2D eigenvalue weighted by atomic mass is 16.2. The van der Waals surface area contributed by atoms with E-state index in [9.17, 15) is 19.2 Å². The van der Waals surface area contributed by atoms with Crippen molar-refractivity contribution in [2.24, 2.45) is 5.92 Å².